The zero-order valence-electron chi connectivity index (χ0n) is 4.12. The third-order valence-electron chi connectivity index (χ3n) is 0.707. The van der Waals surface area contributed by atoms with E-state index < -0.39 is 0 Å². The van der Waals surface area contributed by atoms with Crippen LogP contribution in [0.3, 0.4) is 0 Å². The molecule has 1 heteroatoms. The summed E-state index contributed by atoms with van der Waals surface area (Å²) < 4.78 is 0. The molecule has 0 aliphatic heterocycles. The summed E-state index contributed by atoms with van der Waals surface area (Å²) in [6.45, 7) is 2.21. The van der Waals surface area contributed by atoms with Gasteiger partial charge in [0.25, 0.3) is 0 Å². The van der Waals surface area contributed by atoms with E-state index in [4.69, 9.17) is 0 Å². The summed E-state index contributed by atoms with van der Waals surface area (Å²) in [6, 6.07) is 0. The second kappa shape index (κ2) is 4.60. The molecule has 0 saturated carbocycles. The van der Waals surface area contributed by atoms with Crippen LogP contribution in [0.25, 0.3) is 0 Å². The molecule has 0 aliphatic carbocycles. The molecule has 0 N–H and O–H groups in total. The number of unbranched alkanes of at least 4 members (excludes halogenated alkanes) is 1. The molecule has 0 aromatic heterocycles. The molecule has 0 nitrogen and oxygen atoms in total. The predicted octanol–water partition coefficient (Wildman–Crippen LogP) is 1.37. The Morgan fingerprint density at radius 1 is 1.60 bits per heavy atom. The molecule has 0 radical (unpaired) electrons. The van der Waals surface area contributed by atoms with Gasteiger partial charge in [-0.15, -0.1) is 0 Å². The first-order valence-electron chi connectivity index (χ1n) is 2.41. The number of hydrogen-bond acceptors (Lipinski definition) is 0. The first-order valence-corrected chi connectivity index (χ1v) is 2.41. The maximum absolute atomic E-state index is 2.21. The quantitative estimate of drug-likeness (QED) is 0.432. The number of rotatable bonds is 2. The van der Waals surface area contributed by atoms with Crippen molar-refractivity contribution in [2.75, 3.05) is 0 Å². The summed E-state index contributed by atoms with van der Waals surface area (Å²) in [5, 5.41) is 1.34. The van der Waals surface area contributed by atoms with Crippen molar-refractivity contribution in [3.8, 4) is 0 Å². The molecule has 0 aromatic rings. The summed E-state index contributed by atoms with van der Waals surface area (Å²) in [6.07, 6.45) is 2.73. The average molecular weight is 72.1 g/mol. The molecule has 5 heavy (non-hydrogen) atoms. The first kappa shape index (κ1) is 5.60. The Hall–Kier alpha value is 0.597. The summed E-state index contributed by atoms with van der Waals surface area (Å²) in [7, 11) is 0. The van der Waals surface area contributed by atoms with Crippen molar-refractivity contribution in [1.29, 1.82) is 0 Å². The normalized spacial score (nSPS) is 8.60. The average Bonchev–Trinajstić information content (AvgIpc) is 1.41. The van der Waals surface area contributed by atoms with E-state index in [9.17, 15) is 0 Å². The van der Waals surface area contributed by atoms with Gasteiger partial charge in [-0.3, -0.25) is 0 Å². The SMILES string of the molecule is [15Li][CH2]CCC. The van der Waals surface area contributed by atoms with Crippen molar-refractivity contribution >= 4 is 17.7 Å². The Bertz CT molecular complexity index is 11.1. The van der Waals surface area contributed by atoms with E-state index in [1.807, 2.05) is 0 Å². The number of hydrogen-bond donors (Lipinski definition) is 0. The Labute approximate surface area is 43.2 Å². The fraction of sp³-hybridized carbons (Fsp3) is 1.00. The van der Waals surface area contributed by atoms with Crippen molar-refractivity contribution in [2.24, 2.45) is 0 Å². The molecule has 0 bridgehead atoms. The van der Waals surface area contributed by atoms with Gasteiger partial charge in [-0.25, -0.2) is 0 Å². The van der Waals surface area contributed by atoms with Gasteiger partial charge in [0.2, 0.25) is 0 Å². The second-order valence-electron chi connectivity index (χ2n) is 1.35. The van der Waals surface area contributed by atoms with Crippen LogP contribution in [0.5, 0.6) is 0 Å². The molecular weight excluding hydrogens is 63.0 g/mol. The summed E-state index contributed by atoms with van der Waals surface area (Å²) in [5.41, 5.74) is 0. The zero-order chi connectivity index (χ0) is 4.12. The molecule has 0 aliphatic rings. The van der Waals surface area contributed by atoms with E-state index in [1.165, 1.54) is 17.9 Å². The third-order valence-corrected chi connectivity index (χ3v) is 0.707. The van der Waals surface area contributed by atoms with Crippen LogP contribution in [-0.2, 0) is 0 Å². The second-order valence-corrected chi connectivity index (χ2v) is 1.35. The molecule has 0 saturated heterocycles. The van der Waals surface area contributed by atoms with Crippen molar-refractivity contribution in [3.63, 3.8) is 0 Å². The van der Waals surface area contributed by atoms with E-state index in [0.29, 0.717) is 0 Å². The van der Waals surface area contributed by atoms with E-state index in [1.54, 1.807) is 0 Å². The standard InChI is InChI=1S/C4H9.Li/c1-3-4-2;/h1,3-4H2,2H3;/i;1+8. The van der Waals surface area contributed by atoms with Gasteiger partial charge in [0, 0.05) is 0 Å². The van der Waals surface area contributed by atoms with Gasteiger partial charge in [0.05, 0.1) is 0 Å². The molecule has 0 amide bonds. The Morgan fingerprint density at radius 3 is 2.20 bits per heavy atom. The molecular formula is C4H9Li. The molecule has 0 atom stereocenters. The molecule has 0 fully saturated rings. The first-order chi connectivity index (χ1) is 2.41. The van der Waals surface area contributed by atoms with Crippen LogP contribution < -0.4 is 0 Å². The third kappa shape index (κ3) is 4.60. The van der Waals surface area contributed by atoms with E-state index in [0.717, 1.165) is 0 Å². The summed E-state index contributed by atoms with van der Waals surface area (Å²) in [5.74, 6) is 0. The van der Waals surface area contributed by atoms with E-state index in [2.05, 4.69) is 24.6 Å². The monoisotopic (exact) mass is 72.1 g/mol. The molecule has 0 heterocycles. The molecule has 0 unspecified atom stereocenters. The van der Waals surface area contributed by atoms with Crippen LogP contribution in [0.15, 0.2) is 0 Å². The minimum absolute atomic E-state index is 1.34. The minimum atomic E-state index is 1.34. The molecule has 26 valence electrons. The zero-order valence-corrected chi connectivity index (χ0v) is 4.12. The van der Waals surface area contributed by atoms with Crippen LogP contribution in [0.1, 0.15) is 19.8 Å². The Balaban J connectivity index is 2.19. The summed E-state index contributed by atoms with van der Waals surface area (Å²) in [4.78, 5) is 0. The molecule has 0 aromatic carbocycles. The van der Waals surface area contributed by atoms with Gasteiger partial charge >= 0.3 is 42.6 Å². The predicted molar refractivity (Wildman–Crippen MR) is 25.5 cm³/mol. The van der Waals surface area contributed by atoms with Crippen molar-refractivity contribution in [3.05, 3.63) is 0 Å². The van der Waals surface area contributed by atoms with Crippen LogP contribution in [-0.4, -0.2) is 17.7 Å². The van der Waals surface area contributed by atoms with Gasteiger partial charge < -0.3 is 0 Å². The van der Waals surface area contributed by atoms with Gasteiger partial charge in [-0.2, -0.15) is 0 Å². The van der Waals surface area contributed by atoms with Gasteiger partial charge in [0.1, 0.15) is 0 Å². The topological polar surface area (TPSA) is 0 Å². The fourth-order valence-electron chi connectivity index (χ4n) is 0.354. The van der Waals surface area contributed by atoms with Crippen molar-refractivity contribution in [2.45, 2.75) is 24.9 Å². The molecule has 0 rings (SSSR count). The van der Waals surface area contributed by atoms with Crippen LogP contribution in [0, 0.1) is 0 Å². The Morgan fingerprint density at radius 2 is 2.20 bits per heavy atom. The van der Waals surface area contributed by atoms with Crippen molar-refractivity contribution in [1.82, 2.24) is 0 Å². The van der Waals surface area contributed by atoms with Gasteiger partial charge in [-0.1, -0.05) is 0 Å². The van der Waals surface area contributed by atoms with Gasteiger partial charge in [0.15, 0.2) is 0 Å². The van der Waals surface area contributed by atoms with Gasteiger partial charge in [-0.05, 0) is 0 Å². The van der Waals surface area contributed by atoms with E-state index in [-0.39, 0.29) is 0 Å². The summed E-state index contributed by atoms with van der Waals surface area (Å²) >= 11 is 2.21. The maximum atomic E-state index is 2.21. The van der Waals surface area contributed by atoms with Crippen molar-refractivity contribution < 1.29 is 0 Å². The fourth-order valence-corrected chi connectivity index (χ4v) is 0.354. The van der Waals surface area contributed by atoms with E-state index >= 15 is 0 Å². The van der Waals surface area contributed by atoms with Crippen LogP contribution in [0.2, 0.25) is 5.09 Å². The van der Waals surface area contributed by atoms with Crippen LogP contribution in [0.4, 0.5) is 0 Å². The Kier molecular flexibility index (Phi) is 5.15. The van der Waals surface area contributed by atoms with Crippen LogP contribution >= 0.6 is 0 Å². The molecule has 0 spiro atoms.